The molecule has 0 amide bonds. The van der Waals surface area contributed by atoms with Crippen molar-refractivity contribution in [3.8, 4) is 11.3 Å². The van der Waals surface area contributed by atoms with Crippen molar-refractivity contribution in [3.05, 3.63) is 52.7 Å². The zero-order valence-corrected chi connectivity index (χ0v) is 10.7. The molecule has 1 aromatic carbocycles. The van der Waals surface area contributed by atoms with E-state index in [4.69, 9.17) is 11.6 Å². The van der Waals surface area contributed by atoms with Crippen molar-refractivity contribution in [2.75, 3.05) is 0 Å². The summed E-state index contributed by atoms with van der Waals surface area (Å²) in [4.78, 5) is 3.42. The summed E-state index contributed by atoms with van der Waals surface area (Å²) in [6.07, 6.45) is -8.95. The van der Waals surface area contributed by atoms with Crippen LogP contribution in [0.2, 0.25) is 5.02 Å². The topological polar surface area (TPSA) is 12.9 Å². The van der Waals surface area contributed by atoms with Crippen LogP contribution < -0.4 is 0 Å². The highest BCUT2D eigenvalue weighted by Crippen LogP contribution is 2.39. The van der Waals surface area contributed by atoms with E-state index in [0.29, 0.717) is 12.3 Å². The van der Waals surface area contributed by atoms with E-state index in [0.717, 1.165) is 12.1 Å². The zero-order valence-electron chi connectivity index (χ0n) is 9.98. The van der Waals surface area contributed by atoms with Crippen molar-refractivity contribution >= 4 is 11.6 Å². The summed E-state index contributed by atoms with van der Waals surface area (Å²) in [5.74, 6) is 0. The van der Waals surface area contributed by atoms with Crippen LogP contribution in [0.25, 0.3) is 11.3 Å². The molecule has 0 aliphatic rings. The lowest BCUT2D eigenvalue weighted by Crippen LogP contribution is -2.09. The van der Waals surface area contributed by atoms with Gasteiger partial charge in [0.05, 0.1) is 21.8 Å². The first-order valence-electron chi connectivity index (χ1n) is 5.41. The Bertz CT molecular complexity index is 662. The van der Waals surface area contributed by atoms with E-state index in [-0.39, 0.29) is 5.69 Å². The number of aromatic nitrogens is 1. The Hall–Kier alpha value is -1.76. The number of pyridine rings is 1. The predicted octanol–water partition coefficient (Wildman–Crippen LogP) is 5.24. The largest absolute Gasteiger partial charge is 0.417 e. The molecule has 0 bridgehead atoms. The summed E-state index contributed by atoms with van der Waals surface area (Å²) in [5.41, 5.74) is -3.08. The maximum atomic E-state index is 12.9. The van der Waals surface area contributed by atoms with Crippen molar-refractivity contribution in [1.29, 1.82) is 0 Å². The van der Waals surface area contributed by atoms with E-state index in [9.17, 15) is 26.3 Å². The average Bonchev–Trinajstić information content (AvgIpc) is 2.36. The fraction of sp³-hybridized carbons (Fsp3) is 0.154. The molecular formula is C13H5ClF6N. The maximum Gasteiger partial charge on any atom is 0.417 e. The number of halogens is 7. The predicted molar refractivity (Wildman–Crippen MR) is 63.5 cm³/mol. The lowest BCUT2D eigenvalue weighted by Gasteiger charge is -2.14. The minimum Gasteiger partial charge on any atom is -0.254 e. The van der Waals surface area contributed by atoms with E-state index >= 15 is 0 Å². The number of alkyl halides is 6. The van der Waals surface area contributed by atoms with Crippen molar-refractivity contribution in [3.63, 3.8) is 0 Å². The van der Waals surface area contributed by atoms with Crippen LogP contribution in [-0.2, 0) is 12.4 Å². The van der Waals surface area contributed by atoms with Crippen molar-refractivity contribution < 1.29 is 26.3 Å². The van der Waals surface area contributed by atoms with Gasteiger partial charge in [0, 0.05) is 11.8 Å². The summed E-state index contributed by atoms with van der Waals surface area (Å²) in [7, 11) is 0. The molecule has 0 saturated heterocycles. The van der Waals surface area contributed by atoms with Crippen LogP contribution in [0.4, 0.5) is 26.3 Å². The van der Waals surface area contributed by atoms with Gasteiger partial charge in [-0.2, -0.15) is 26.3 Å². The van der Waals surface area contributed by atoms with Crippen LogP contribution in [0.1, 0.15) is 11.1 Å². The molecule has 1 aromatic heterocycles. The molecule has 0 aliphatic carbocycles. The summed E-state index contributed by atoms with van der Waals surface area (Å²) in [6.45, 7) is 0. The zero-order chi connectivity index (χ0) is 15.8. The van der Waals surface area contributed by atoms with Crippen LogP contribution in [0.5, 0.6) is 0 Å². The molecule has 0 unspecified atom stereocenters. The molecule has 0 saturated carbocycles. The van der Waals surface area contributed by atoms with E-state index < -0.39 is 34.1 Å². The average molecular weight is 325 g/mol. The second-order valence-electron chi connectivity index (χ2n) is 4.01. The maximum absolute atomic E-state index is 12.9. The Labute approximate surface area is 120 Å². The quantitative estimate of drug-likeness (QED) is 0.654. The molecule has 0 N–H and O–H groups in total. The van der Waals surface area contributed by atoms with E-state index in [1.807, 2.05) is 6.07 Å². The minimum absolute atomic E-state index is 0.381. The van der Waals surface area contributed by atoms with Gasteiger partial charge in [-0.15, -0.1) is 0 Å². The van der Waals surface area contributed by atoms with Crippen LogP contribution >= 0.6 is 11.6 Å². The molecule has 0 fully saturated rings. The standard InChI is InChI=1S/C13H5ClF6N/c14-10-5-7(12(15,16)17)6-21-11(10)8-3-1-2-4-9(8)13(18,19)20/h1-3,5-6H. The SMILES string of the molecule is FC(F)(F)c1cnc(-c2ccc[c]c2C(F)(F)F)c(Cl)c1. The van der Waals surface area contributed by atoms with Gasteiger partial charge in [-0.3, -0.25) is 4.98 Å². The van der Waals surface area contributed by atoms with E-state index in [1.165, 1.54) is 6.07 Å². The molecule has 1 heterocycles. The highest BCUT2D eigenvalue weighted by atomic mass is 35.5. The third-order valence-electron chi connectivity index (χ3n) is 2.56. The van der Waals surface area contributed by atoms with Crippen LogP contribution in [0.15, 0.2) is 30.5 Å². The van der Waals surface area contributed by atoms with E-state index in [2.05, 4.69) is 4.98 Å². The highest BCUT2D eigenvalue weighted by molar-refractivity contribution is 6.33. The normalized spacial score (nSPS) is 12.5. The number of benzene rings is 1. The monoisotopic (exact) mass is 324 g/mol. The third kappa shape index (κ3) is 3.29. The molecule has 2 aromatic rings. The third-order valence-corrected chi connectivity index (χ3v) is 2.85. The smallest absolute Gasteiger partial charge is 0.254 e. The molecule has 21 heavy (non-hydrogen) atoms. The summed E-state index contributed by atoms with van der Waals surface area (Å²) >= 11 is 5.65. The Morgan fingerprint density at radius 1 is 1.05 bits per heavy atom. The molecule has 1 nitrogen and oxygen atoms in total. The van der Waals surface area contributed by atoms with Gasteiger partial charge in [-0.1, -0.05) is 29.8 Å². The highest BCUT2D eigenvalue weighted by Gasteiger charge is 2.35. The van der Waals surface area contributed by atoms with Crippen LogP contribution in [0, 0.1) is 6.07 Å². The van der Waals surface area contributed by atoms with Gasteiger partial charge in [-0.05, 0) is 12.1 Å². The lowest BCUT2D eigenvalue weighted by atomic mass is 10.0. The van der Waals surface area contributed by atoms with Crippen molar-refractivity contribution in [2.24, 2.45) is 0 Å². The van der Waals surface area contributed by atoms with Crippen molar-refractivity contribution in [2.45, 2.75) is 12.4 Å². The first-order valence-corrected chi connectivity index (χ1v) is 5.79. The summed E-state index contributed by atoms with van der Waals surface area (Å²) in [6, 6.07) is 5.92. The Kier molecular flexibility index (Phi) is 3.88. The molecule has 8 heteroatoms. The fourth-order valence-corrected chi connectivity index (χ4v) is 1.93. The van der Waals surface area contributed by atoms with Crippen molar-refractivity contribution in [1.82, 2.24) is 4.98 Å². The van der Waals surface area contributed by atoms with Gasteiger partial charge in [0.2, 0.25) is 0 Å². The first kappa shape index (κ1) is 15.6. The molecular weight excluding hydrogens is 320 g/mol. The van der Waals surface area contributed by atoms with Gasteiger partial charge in [0.1, 0.15) is 0 Å². The number of hydrogen-bond acceptors (Lipinski definition) is 1. The number of hydrogen-bond donors (Lipinski definition) is 0. The lowest BCUT2D eigenvalue weighted by molar-refractivity contribution is -0.138. The number of nitrogens with zero attached hydrogens (tertiary/aromatic N) is 1. The Morgan fingerprint density at radius 3 is 2.24 bits per heavy atom. The molecule has 111 valence electrons. The van der Waals surface area contributed by atoms with Gasteiger partial charge >= 0.3 is 12.4 Å². The first-order chi connectivity index (χ1) is 9.60. The van der Waals surface area contributed by atoms with Gasteiger partial charge in [-0.25, -0.2) is 0 Å². The Balaban J connectivity index is 2.59. The minimum atomic E-state index is -4.72. The molecule has 2 rings (SSSR count). The van der Waals surface area contributed by atoms with Crippen LogP contribution in [-0.4, -0.2) is 4.98 Å². The molecule has 0 aliphatic heterocycles. The summed E-state index contributed by atoms with van der Waals surface area (Å²) in [5, 5.41) is -0.519. The van der Waals surface area contributed by atoms with Gasteiger partial charge in [0.15, 0.2) is 0 Å². The fourth-order valence-electron chi connectivity index (χ4n) is 1.66. The molecule has 0 atom stereocenters. The number of rotatable bonds is 1. The second-order valence-corrected chi connectivity index (χ2v) is 4.42. The summed E-state index contributed by atoms with van der Waals surface area (Å²) < 4.78 is 76.0. The van der Waals surface area contributed by atoms with Crippen LogP contribution in [0.3, 0.4) is 0 Å². The molecule has 0 spiro atoms. The second kappa shape index (κ2) is 5.22. The Morgan fingerprint density at radius 2 is 1.71 bits per heavy atom. The van der Waals surface area contributed by atoms with E-state index in [1.54, 1.807) is 0 Å². The van der Waals surface area contributed by atoms with Gasteiger partial charge < -0.3 is 0 Å². The molecule has 1 radical (unpaired) electrons. The van der Waals surface area contributed by atoms with Gasteiger partial charge in [0.25, 0.3) is 0 Å².